The fourth-order valence-electron chi connectivity index (χ4n) is 5.09. The maximum absolute atomic E-state index is 10.5. The van der Waals surface area contributed by atoms with Crippen molar-refractivity contribution in [3.05, 3.63) is 52.5 Å². The van der Waals surface area contributed by atoms with Crippen LogP contribution in [0.4, 0.5) is 0 Å². The minimum absolute atomic E-state index is 0.238. The summed E-state index contributed by atoms with van der Waals surface area (Å²) in [5, 5.41) is 40.5. The molecule has 4 atom stereocenters. The van der Waals surface area contributed by atoms with E-state index in [0.29, 0.717) is 22.1 Å². The van der Waals surface area contributed by atoms with Crippen molar-refractivity contribution in [1.29, 1.82) is 21.2 Å². The number of nitriles is 3. The van der Waals surface area contributed by atoms with Crippen LogP contribution in [0.1, 0.15) is 24.2 Å². The zero-order valence-corrected chi connectivity index (χ0v) is 20.1. The van der Waals surface area contributed by atoms with E-state index in [-0.39, 0.29) is 11.3 Å². The summed E-state index contributed by atoms with van der Waals surface area (Å²) in [6, 6.07) is 15.8. The summed E-state index contributed by atoms with van der Waals surface area (Å²) < 4.78 is 28.9. The predicted molar refractivity (Wildman–Crippen MR) is 123 cm³/mol. The van der Waals surface area contributed by atoms with Crippen LogP contribution in [0.25, 0.3) is 0 Å². The van der Waals surface area contributed by atoms with Gasteiger partial charge in [-0.3, -0.25) is 5.41 Å². The molecule has 2 aliphatic heterocycles. The number of nitrogens with zero attached hydrogens (tertiary/aromatic N) is 3. The van der Waals surface area contributed by atoms with Crippen molar-refractivity contribution >= 4 is 17.5 Å². The van der Waals surface area contributed by atoms with Gasteiger partial charge in [0.2, 0.25) is 17.1 Å². The van der Waals surface area contributed by atoms with Gasteiger partial charge in [-0.05, 0) is 18.2 Å². The van der Waals surface area contributed by atoms with E-state index in [1.165, 1.54) is 33.5 Å². The minimum atomic E-state index is -2.17. The number of hydrogen-bond donors (Lipinski definition) is 1. The second-order valence-electron chi connectivity index (χ2n) is 8.23. The number of ether oxygens (including phenoxy) is 5. The molecular formula is C25H21ClN4O5. The van der Waals surface area contributed by atoms with E-state index >= 15 is 0 Å². The fourth-order valence-corrected chi connectivity index (χ4v) is 5.21. The predicted octanol–water partition coefficient (Wildman–Crippen LogP) is 4.48. The number of rotatable bonds is 5. The molecule has 10 heteroatoms. The molecule has 2 aromatic rings. The summed E-state index contributed by atoms with van der Waals surface area (Å²) in [6.07, 6.45) is -1.37. The van der Waals surface area contributed by atoms with Gasteiger partial charge in [0, 0.05) is 22.2 Å². The molecule has 2 bridgehead atoms. The van der Waals surface area contributed by atoms with E-state index in [2.05, 4.69) is 6.07 Å². The van der Waals surface area contributed by atoms with E-state index in [1.54, 1.807) is 31.2 Å². The first-order chi connectivity index (χ1) is 16.7. The average Bonchev–Trinajstić information content (AvgIpc) is 3.04. The summed E-state index contributed by atoms with van der Waals surface area (Å²) in [4.78, 5) is 0. The highest BCUT2D eigenvalue weighted by Gasteiger charge is 2.80. The number of nitrogens with one attached hydrogen (secondary N) is 1. The quantitative estimate of drug-likeness (QED) is 0.643. The van der Waals surface area contributed by atoms with Gasteiger partial charge in [-0.2, -0.15) is 15.8 Å². The molecule has 35 heavy (non-hydrogen) atoms. The van der Waals surface area contributed by atoms with Crippen molar-refractivity contribution in [3.63, 3.8) is 0 Å². The number of hydrogen-bond acceptors (Lipinski definition) is 9. The topological polar surface area (TPSA) is 141 Å². The molecule has 178 valence electrons. The van der Waals surface area contributed by atoms with Gasteiger partial charge in [-0.25, -0.2) is 0 Å². The third-order valence-corrected chi connectivity index (χ3v) is 7.19. The van der Waals surface area contributed by atoms with Crippen molar-refractivity contribution in [3.8, 4) is 35.5 Å². The molecule has 2 aliphatic rings. The summed E-state index contributed by atoms with van der Waals surface area (Å²) in [7, 11) is 4.31. The molecule has 0 radical (unpaired) electrons. The highest BCUT2D eigenvalue weighted by Crippen LogP contribution is 2.69. The van der Waals surface area contributed by atoms with Gasteiger partial charge in [0.1, 0.15) is 11.9 Å². The molecule has 2 saturated heterocycles. The van der Waals surface area contributed by atoms with E-state index < -0.39 is 34.5 Å². The zero-order valence-electron chi connectivity index (χ0n) is 19.4. The SMILES string of the molecule is COc1cc(OC)c(C2OC3(c4ccc(Cl)cc4)OC(=N)C(C#N)(C3C)C2(C#N)C#N)cc1OC. The lowest BCUT2D eigenvalue weighted by Crippen LogP contribution is -2.57. The van der Waals surface area contributed by atoms with Crippen molar-refractivity contribution < 1.29 is 23.7 Å². The maximum Gasteiger partial charge on any atom is 0.244 e. The first kappa shape index (κ1) is 24.2. The smallest absolute Gasteiger partial charge is 0.244 e. The summed E-state index contributed by atoms with van der Waals surface area (Å²) >= 11 is 6.08. The Morgan fingerprint density at radius 1 is 0.914 bits per heavy atom. The molecule has 0 spiro atoms. The largest absolute Gasteiger partial charge is 0.496 e. The van der Waals surface area contributed by atoms with Crippen LogP contribution in [0.15, 0.2) is 36.4 Å². The third-order valence-electron chi connectivity index (χ3n) is 6.93. The lowest BCUT2D eigenvalue weighted by atomic mass is 9.53. The van der Waals surface area contributed by atoms with Crippen molar-refractivity contribution in [1.82, 2.24) is 0 Å². The standard InChI is InChI=1S/C25H21ClN4O5/c1-14-24(13-29)22(30)35-25(14,15-5-7-16(26)8-6-15)34-21(23(24,11-27)12-28)17-9-19(32-3)20(33-4)10-18(17)31-2/h5-10,14,21,30H,1-4H3. The van der Waals surface area contributed by atoms with Crippen LogP contribution in [-0.2, 0) is 15.3 Å². The summed E-state index contributed by atoms with van der Waals surface area (Å²) in [6.45, 7) is 1.63. The normalized spacial score (nSPS) is 28.1. The Morgan fingerprint density at radius 3 is 2.00 bits per heavy atom. The number of methoxy groups -OCH3 is 3. The molecular weight excluding hydrogens is 472 g/mol. The Labute approximate surface area is 207 Å². The van der Waals surface area contributed by atoms with Crippen molar-refractivity contribution in [2.24, 2.45) is 16.7 Å². The Kier molecular flexibility index (Phi) is 5.77. The molecule has 0 aliphatic carbocycles. The molecule has 0 saturated carbocycles. The molecule has 0 aromatic heterocycles. The molecule has 2 heterocycles. The van der Waals surface area contributed by atoms with Crippen molar-refractivity contribution in [2.75, 3.05) is 21.3 Å². The van der Waals surface area contributed by atoms with Gasteiger partial charge in [0.25, 0.3) is 0 Å². The van der Waals surface area contributed by atoms with Crippen LogP contribution in [0.5, 0.6) is 17.2 Å². The highest BCUT2D eigenvalue weighted by atomic mass is 35.5. The fraction of sp³-hybridized carbons (Fsp3) is 0.360. The molecule has 1 N–H and O–H groups in total. The Balaban J connectivity index is 2.08. The molecule has 2 aromatic carbocycles. The Hall–Kier alpha value is -3.97. The Morgan fingerprint density at radius 2 is 1.49 bits per heavy atom. The van der Waals surface area contributed by atoms with Crippen molar-refractivity contribution in [2.45, 2.75) is 18.8 Å². The zero-order chi connectivity index (χ0) is 25.6. The molecule has 2 fully saturated rings. The van der Waals surface area contributed by atoms with Crippen LogP contribution in [0.3, 0.4) is 0 Å². The van der Waals surface area contributed by atoms with Crippen LogP contribution >= 0.6 is 11.6 Å². The summed E-state index contributed by atoms with van der Waals surface area (Å²) in [5.41, 5.74) is -3.39. The van der Waals surface area contributed by atoms with E-state index in [1.807, 2.05) is 12.1 Å². The Bertz CT molecular complexity index is 1310. The van der Waals surface area contributed by atoms with Gasteiger partial charge in [0.15, 0.2) is 16.9 Å². The van der Waals surface area contributed by atoms with Crippen LogP contribution in [0, 0.1) is 56.2 Å². The van der Waals surface area contributed by atoms with E-state index in [4.69, 9.17) is 40.7 Å². The van der Waals surface area contributed by atoms with Gasteiger partial charge in [0.05, 0.1) is 45.5 Å². The monoisotopic (exact) mass is 492 g/mol. The lowest BCUT2D eigenvalue weighted by molar-refractivity contribution is -0.288. The van der Waals surface area contributed by atoms with Gasteiger partial charge < -0.3 is 23.7 Å². The first-order valence-electron chi connectivity index (χ1n) is 10.5. The number of halogens is 1. The summed E-state index contributed by atoms with van der Waals surface area (Å²) in [5.74, 6) is -2.20. The minimum Gasteiger partial charge on any atom is -0.496 e. The molecule has 4 rings (SSSR count). The van der Waals surface area contributed by atoms with Crippen LogP contribution < -0.4 is 14.2 Å². The lowest BCUT2D eigenvalue weighted by Gasteiger charge is -2.49. The third kappa shape index (κ3) is 2.91. The maximum atomic E-state index is 10.5. The van der Waals surface area contributed by atoms with E-state index in [9.17, 15) is 15.8 Å². The van der Waals surface area contributed by atoms with Gasteiger partial charge in [-0.1, -0.05) is 30.7 Å². The molecule has 0 amide bonds. The number of benzene rings is 2. The first-order valence-corrected chi connectivity index (χ1v) is 10.9. The van der Waals surface area contributed by atoms with Crippen LogP contribution in [0.2, 0.25) is 5.02 Å². The van der Waals surface area contributed by atoms with Gasteiger partial charge >= 0.3 is 0 Å². The van der Waals surface area contributed by atoms with E-state index in [0.717, 1.165) is 0 Å². The van der Waals surface area contributed by atoms with Crippen LogP contribution in [-0.4, -0.2) is 27.2 Å². The highest BCUT2D eigenvalue weighted by molar-refractivity contribution is 6.30. The molecule has 4 unspecified atom stereocenters. The average molecular weight is 493 g/mol. The molecule has 9 nitrogen and oxygen atoms in total. The van der Waals surface area contributed by atoms with Gasteiger partial charge in [-0.15, -0.1) is 0 Å². The second kappa shape index (κ2) is 8.36. The number of fused-ring (bicyclic) bond motifs is 2. The second-order valence-corrected chi connectivity index (χ2v) is 8.66.